The van der Waals surface area contributed by atoms with Crippen molar-refractivity contribution < 1.29 is 18.3 Å². The first-order valence-corrected chi connectivity index (χ1v) is 6.51. The Morgan fingerprint density at radius 3 is 2.39 bits per heavy atom. The monoisotopic (exact) mass is 264 g/mol. The Labute approximate surface area is 107 Å². The zero-order valence-corrected chi connectivity index (χ0v) is 11.1. The van der Waals surface area contributed by atoms with Crippen LogP contribution in [0.2, 0.25) is 0 Å². The normalized spacial score (nSPS) is 30.3. The van der Waals surface area contributed by atoms with Crippen LogP contribution in [0.15, 0.2) is 0 Å². The van der Waals surface area contributed by atoms with E-state index in [1.165, 1.54) is 0 Å². The fourth-order valence-corrected chi connectivity index (χ4v) is 2.43. The van der Waals surface area contributed by atoms with Gasteiger partial charge in [0.1, 0.15) is 6.10 Å². The molecule has 2 fully saturated rings. The highest BCUT2D eigenvalue weighted by Crippen LogP contribution is 2.31. The zero-order valence-electron chi connectivity index (χ0n) is 11.1. The molecule has 18 heavy (non-hydrogen) atoms. The first-order chi connectivity index (χ1) is 8.51. The molecule has 2 saturated heterocycles. The fraction of sp³-hybridized carbons (Fsp3) is 1.00. The van der Waals surface area contributed by atoms with Crippen LogP contribution in [0.1, 0.15) is 6.92 Å². The molecule has 0 spiro atoms. The molecule has 0 aromatic carbocycles. The van der Waals surface area contributed by atoms with Gasteiger partial charge in [-0.3, -0.25) is 4.90 Å². The summed E-state index contributed by atoms with van der Waals surface area (Å²) in [5.41, 5.74) is 0. The van der Waals surface area contributed by atoms with Gasteiger partial charge in [0.15, 0.2) is 0 Å². The van der Waals surface area contributed by atoms with Gasteiger partial charge in [-0.1, -0.05) is 0 Å². The van der Waals surface area contributed by atoms with E-state index in [0.29, 0.717) is 19.7 Å². The van der Waals surface area contributed by atoms with E-state index in [4.69, 9.17) is 9.47 Å². The molecule has 0 aliphatic carbocycles. The maximum Gasteiger partial charge on any atom is 0.290 e. The molecule has 2 aliphatic heterocycles. The predicted molar refractivity (Wildman–Crippen MR) is 64.0 cm³/mol. The van der Waals surface area contributed by atoms with E-state index in [9.17, 15) is 8.78 Å². The van der Waals surface area contributed by atoms with E-state index in [2.05, 4.69) is 4.90 Å². The number of nitrogens with zero attached hydrogens (tertiary/aromatic N) is 2. The number of piperazine rings is 1. The average Bonchev–Trinajstić information content (AvgIpc) is 2.40. The maximum atomic E-state index is 14.3. The maximum absolute atomic E-state index is 14.3. The standard InChI is InChI=1S/C12H22F2N2O2/c1-10(16-5-3-15(2)4-6-16)12(13,14)11-9-17-7-8-18-11/h10-11H,3-9H2,1-2H3. The summed E-state index contributed by atoms with van der Waals surface area (Å²) in [5.74, 6) is -2.86. The Hall–Kier alpha value is -0.300. The molecule has 0 radical (unpaired) electrons. The predicted octanol–water partition coefficient (Wildman–Crippen LogP) is 0.673. The molecule has 0 aromatic heterocycles. The van der Waals surface area contributed by atoms with E-state index in [1.54, 1.807) is 6.92 Å². The molecule has 2 aliphatic rings. The summed E-state index contributed by atoms with van der Waals surface area (Å²) in [4.78, 5) is 4.00. The third kappa shape index (κ3) is 2.99. The van der Waals surface area contributed by atoms with E-state index >= 15 is 0 Å². The highest BCUT2D eigenvalue weighted by atomic mass is 19.3. The summed E-state index contributed by atoms with van der Waals surface area (Å²) in [6.45, 7) is 5.28. The summed E-state index contributed by atoms with van der Waals surface area (Å²) >= 11 is 0. The number of halogens is 2. The van der Waals surface area contributed by atoms with Crippen LogP contribution in [-0.2, 0) is 9.47 Å². The van der Waals surface area contributed by atoms with Gasteiger partial charge in [0, 0.05) is 26.2 Å². The molecule has 0 saturated carbocycles. The Bertz CT molecular complexity index is 265. The first kappa shape index (κ1) is 14.1. The van der Waals surface area contributed by atoms with E-state index in [-0.39, 0.29) is 13.2 Å². The van der Waals surface area contributed by atoms with Crippen LogP contribution in [0, 0.1) is 0 Å². The summed E-state index contributed by atoms with van der Waals surface area (Å²) in [5, 5.41) is 0. The van der Waals surface area contributed by atoms with Gasteiger partial charge in [0.05, 0.1) is 25.9 Å². The van der Waals surface area contributed by atoms with Gasteiger partial charge in [-0.25, -0.2) is 8.78 Å². The highest BCUT2D eigenvalue weighted by Gasteiger charge is 2.49. The molecule has 2 atom stereocenters. The smallest absolute Gasteiger partial charge is 0.290 e. The third-order valence-electron chi connectivity index (χ3n) is 3.89. The van der Waals surface area contributed by atoms with Gasteiger partial charge >= 0.3 is 0 Å². The van der Waals surface area contributed by atoms with Crippen molar-refractivity contribution in [2.75, 3.05) is 53.0 Å². The van der Waals surface area contributed by atoms with Gasteiger partial charge in [-0.2, -0.15) is 0 Å². The fourth-order valence-electron chi connectivity index (χ4n) is 2.43. The molecular weight excluding hydrogens is 242 g/mol. The first-order valence-electron chi connectivity index (χ1n) is 6.51. The van der Waals surface area contributed by atoms with Crippen molar-refractivity contribution in [2.24, 2.45) is 0 Å². The van der Waals surface area contributed by atoms with Crippen molar-refractivity contribution in [3.05, 3.63) is 0 Å². The lowest BCUT2D eigenvalue weighted by Crippen LogP contribution is -2.59. The number of ether oxygens (including phenoxy) is 2. The molecule has 4 nitrogen and oxygen atoms in total. The van der Waals surface area contributed by atoms with Crippen molar-refractivity contribution >= 4 is 0 Å². The Morgan fingerprint density at radius 1 is 1.17 bits per heavy atom. The SMILES string of the molecule is CC(N1CCN(C)CC1)C(F)(F)C1COCCO1. The van der Waals surface area contributed by atoms with Crippen molar-refractivity contribution in [3.8, 4) is 0 Å². The highest BCUT2D eigenvalue weighted by molar-refractivity contribution is 4.91. The van der Waals surface area contributed by atoms with Gasteiger partial charge in [0.25, 0.3) is 5.92 Å². The van der Waals surface area contributed by atoms with Crippen LogP contribution < -0.4 is 0 Å². The lowest BCUT2D eigenvalue weighted by Gasteiger charge is -2.42. The van der Waals surface area contributed by atoms with E-state index < -0.39 is 18.1 Å². The molecule has 106 valence electrons. The van der Waals surface area contributed by atoms with Crippen LogP contribution in [-0.4, -0.2) is 80.9 Å². The number of hydrogen-bond donors (Lipinski definition) is 0. The quantitative estimate of drug-likeness (QED) is 0.748. The summed E-state index contributed by atoms with van der Waals surface area (Å²) in [6.07, 6.45) is -1.11. The van der Waals surface area contributed by atoms with Crippen molar-refractivity contribution in [3.63, 3.8) is 0 Å². The minimum Gasteiger partial charge on any atom is -0.376 e. The second-order valence-corrected chi connectivity index (χ2v) is 5.12. The van der Waals surface area contributed by atoms with E-state index in [1.807, 2.05) is 11.9 Å². The second kappa shape index (κ2) is 5.77. The minimum atomic E-state index is -2.86. The topological polar surface area (TPSA) is 24.9 Å². The molecule has 2 rings (SSSR count). The van der Waals surface area contributed by atoms with Crippen LogP contribution in [0.4, 0.5) is 8.78 Å². The summed E-state index contributed by atoms with van der Waals surface area (Å²) in [7, 11) is 2.01. The number of alkyl halides is 2. The van der Waals surface area contributed by atoms with Crippen LogP contribution in [0.5, 0.6) is 0 Å². The Kier molecular flexibility index (Phi) is 4.53. The van der Waals surface area contributed by atoms with Gasteiger partial charge in [-0.05, 0) is 14.0 Å². The molecular formula is C12H22F2N2O2. The van der Waals surface area contributed by atoms with Crippen molar-refractivity contribution in [1.29, 1.82) is 0 Å². The number of likely N-dealkylation sites (N-methyl/N-ethyl adjacent to an activating group) is 1. The lowest BCUT2D eigenvalue weighted by molar-refractivity contribution is -0.218. The molecule has 2 unspecified atom stereocenters. The van der Waals surface area contributed by atoms with Crippen molar-refractivity contribution in [2.45, 2.75) is 25.0 Å². The van der Waals surface area contributed by atoms with Gasteiger partial charge < -0.3 is 14.4 Å². The summed E-state index contributed by atoms with van der Waals surface area (Å²) in [6, 6.07) is -0.808. The zero-order chi connectivity index (χ0) is 13.2. The van der Waals surface area contributed by atoms with Gasteiger partial charge in [-0.15, -0.1) is 0 Å². The Morgan fingerprint density at radius 2 is 1.83 bits per heavy atom. The lowest BCUT2D eigenvalue weighted by atomic mass is 10.0. The molecule has 2 heterocycles. The average molecular weight is 264 g/mol. The molecule has 0 N–H and O–H groups in total. The van der Waals surface area contributed by atoms with Crippen LogP contribution in [0.3, 0.4) is 0 Å². The van der Waals surface area contributed by atoms with Crippen LogP contribution >= 0.6 is 0 Å². The third-order valence-corrected chi connectivity index (χ3v) is 3.89. The largest absolute Gasteiger partial charge is 0.376 e. The Balaban J connectivity index is 1.95. The molecule has 0 bridgehead atoms. The summed E-state index contributed by atoms with van der Waals surface area (Å²) < 4.78 is 38.9. The minimum absolute atomic E-state index is 0.00885. The van der Waals surface area contributed by atoms with Crippen LogP contribution in [0.25, 0.3) is 0 Å². The van der Waals surface area contributed by atoms with Crippen molar-refractivity contribution in [1.82, 2.24) is 9.80 Å². The van der Waals surface area contributed by atoms with Gasteiger partial charge in [0.2, 0.25) is 0 Å². The molecule has 6 heteroatoms. The molecule has 0 aromatic rings. The number of rotatable bonds is 3. The number of hydrogen-bond acceptors (Lipinski definition) is 4. The van der Waals surface area contributed by atoms with E-state index in [0.717, 1.165) is 13.1 Å². The second-order valence-electron chi connectivity index (χ2n) is 5.12. The molecule has 0 amide bonds.